The van der Waals surface area contributed by atoms with Gasteiger partial charge in [-0.1, -0.05) is 30.3 Å². The van der Waals surface area contributed by atoms with Gasteiger partial charge in [0, 0.05) is 23.9 Å². The molecule has 1 heterocycles. The quantitative estimate of drug-likeness (QED) is 0.662. The van der Waals surface area contributed by atoms with E-state index in [0.717, 1.165) is 5.56 Å². The highest BCUT2D eigenvalue weighted by Gasteiger charge is 2.09. The fourth-order valence-corrected chi connectivity index (χ4v) is 2.36. The van der Waals surface area contributed by atoms with Crippen molar-refractivity contribution >= 4 is 23.2 Å². The largest absolute Gasteiger partial charge is 0.396 e. The Morgan fingerprint density at radius 3 is 2.27 bits per heavy atom. The molecule has 0 radical (unpaired) electrons. The lowest BCUT2D eigenvalue weighted by atomic mass is 10.1. The number of rotatable bonds is 5. The molecule has 0 bridgehead atoms. The van der Waals surface area contributed by atoms with E-state index in [1.54, 1.807) is 48.7 Å². The summed E-state index contributed by atoms with van der Waals surface area (Å²) in [5.74, 6) is -0.400. The van der Waals surface area contributed by atoms with Crippen LogP contribution in [0.25, 0.3) is 0 Å². The smallest absolute Gasteiger partial charge is 0.255 e. The normalized spacial score (nSPS) is 10.2. The summed E-state index contributed by atoms with van der Waals surface area (Å²) in [6, 6.07) is 17.7. The van der Waals surface area contributed by atoms with Crippen LogP contribution < -0.4 is 16.4 Å². The predicted molar refractivity (Wildman–Crippen MR) is 101 cm³/mol. The van der Waals surface area contributed by atoms with Crippen molar-refractivity contribution < 1.29 is 9.59 Å². The lowest BCUT2D eigenvalue weighted by molar-refractivity contribution is 0.0950. The zero-order valence-corrected chi connectivity index (χ0v) is 14.0. The summed E-state index contributed by atoms with van der Waals surface area (Å²) < 4.78 is 0. The monoisotopic (exact) mass is 346 g/mol. The van der Waals surface area contributed by atoms with Gasteiger partial charge in [0.05, 0.1) is 17.6 Å². The number of hydrogen-bond donors (Lipinski definition) is 3. The van der Waals surface area contributed by atoms with Crippen LogP contribution in [0, 0.1) is 0 Å². The van der Waals surface area contributed by atoms with E-state index in [9.17, 15) is 9.59 Å². The topological polar surface area (TPSA) is 97.1 Å². The zero-order chi connectivity index (χ0) is 18.4. The van der Waals surface area contributed by atoms with E-state index in [2.05, 4.69) is 15.6 Å². The van der Waals surface area contributed by atoms with Crippen LogP contribution in [0.2, 0.25) is 0 Å². The minimum Gasteiger partial charge on any atom is -0.396 e. The van der Waals surface area contributed by atoms with Crippen LogP contribution in [-0.4, -0.2) is 16.8 Å². The summed E-state index contributed by atoms with van der Waals surface area (Å²) >= 11 is 0. The Hall–Kier alpha value is -3.67. The lowest BCUT2D eigenvalue weighted by Crippen LogP contribution is -2.22. The van der Waals surface area contributed by atoms with E-state index in [0.29, 0.717) is 29.0 Å². The van der Waals surface area contributed by atoms with Gasteiger partial charge in [-0.25, -0.2) is 0 Å². The van der Waals surface area contributed by atoms with Crippen LogP contribution in [0.5, 0.6) is 0 Å². The van der Waals surface area contributed by atoms with Crippen LogP contribution >= 0.6 is 0 Å². The molecule has 0 atom stereocenters. The first-order valence-corrected chi connectivity index (χ1v) is 8.06. The van der Waals surface area contributed by atoms with Crippen LogP contribution in [-0.2, 0) is 6.54 Å². The van der Waals surface area contributed by atoms with E-state index in [-0.39, 0.29) is 11.8 Å². The third-order valence-electron chi connectivity index (χ3n) is 3.81. The van der Waals surface area contributed by atoms with Gasteiger partial charge in [-0.15, -0.1) is 0 Å². The van der Waals surface area contributed by atoms with E-state index in [1.807, 2.05) is 18.2 Å². The van der Waals surface area contributed by atoms with Crippen molar-refractivity contribution in [2.45, 2.75) is 6.54 Å². The van der Waals surface area contributed by atoms with Crippen molar-refractivity contribution in [1.29, 1.82) is 0 Å². The molecule has 0 saturated heterocycles. The number of anilines is 2. The second-order valence-corrected chi connectivity index (χ2v) is 5.66. The maximum absolute atomic E-state index is 12.3. The number of pyridine rings is 1. The Morgan fingerprint density at radius 1 is 0.885 bits per heavy atom. The molecule has 0 spiro atoms. The number of hydrogen-bond acceptors (Lipinski definition) is 4. The van der Waals surface area contributed by atoms with E-state index < -0.39 is 0 Å². The summed E-state index contributed by atoms with van der Waals surface area (Å²) in [6.07, 6.45) is 3.04. The molecule has 0 unspecified atom stereocenters. The highest BCUT2D eigenvalue weighted by atomic mass is 16.2. The molecule has 3 aromatic rings. The molecule has 6 heteroatoms. The van der Waals surface area contributed by atoms with Crippen LogP contribution in [0.1, 0.15) is 26.3 Å². The van der Waals surface area contributed by atoms with Crippen molar-refractivity contribution in [2.75, 3.05) is 11.1 Å². The van der Waals surface area contributed by atoms with Crippen molar-refractivity contribution in [3.63, 3.8) is 0 Å². The molecule has 26 heavy (non-hydrogen) atoms. The number of nitrogens with zero attached hydrogens (tertiary/aromatic N) is 1. The van der Waals surface area contributed by atoms with E-state index in [4.69, 9.17) is 5.73 Å². The Bertz CT molecular complexity index is 909. The molecule has 2 aromatic carbocycles. The Labute approximate surface area is 151 Å². The predicted octanol–water partition coefficient (Wildman–Crippen LogP) is 2.85. The molecule has 6 nitrogen and oxygen atoms in total. The average molecular weight is 346 g/mol. The molecule has 4 N–H and O–H groups in total. The van der Waals surface area contributed by atoms with Gasteiger partial charge >= 0.3 is 0 Å². The number of nitrogens with two attached hydrogens (primary N) is 1. The maximum Gasteiger partial charge on any atom is 0.255 e. The number of nitrogens with one attached hydrogen (secondary N) is 2. The first-order valence-electron chi connectivity index (χ1n) is 8.06. The van der Waals surface area contributed by atoms with Crippen LogP contribution in [0.4, 0.5) is 11.4 Å². The molecular weight excluding hydrogens is 328 g/mol. The Morgan fingerprint density at radius 2 is 1.58 bits per heavy atom. The Balaban J connectivity index is 1.59. The molecule has 2 amide bonds. The third-order valence-corrected chi connectivity index (χ3v) is 3.81. The average Bonchev–Trinajstić information content (AvgIpc) is 2.69. The Kier molecular flexibility index (Phi) is 5.24. The van der Waals surface area contributed by atoms with Gasteiger partial charge in [0.25, 0.3) is 11.8 Å². The minimum absolute atomic E-state index is 0.138. The van der Waals surface area contributed by atoms with Crippen molar-refractivity contribution in [3.05, 3.63) is 89.7 Å². The van der Waals surface area contributed by atoms with Crippen LogP contribution in [0.3, 0.4) is 0 Å². The fraction of sp³-hybridized carbons (Fsp3) is 0.0500. The number of carbonyl (C=O) groups is 2. The highest BCUT2D eigenvalue weighted by Crippen LogP contribution is 2.16. The van der Waals surface area contributed by atoms with Crippen molar-refractivity contribution in [3.8, 4) is 0 Å². The van der Waals surface area contributed by atoms with Gasteiger partial charge in [-0.05, 0) is 35.9 Å². The summed E-state index contributed by atoms with van der Waals surface area (Å²) in [5.41, 5.74) is 8.70. The molecular formula is C20H18N4O2. The van der Waals surface area contributed by atoms with Gasteiger partial charge in [0.2, 0.25) is 0 Å². The summed E-state index contributed by atoms with van der Waals surface area (Å²) in [7, 11) is 0. The van der Waals surface area contributed by atoms with Crippen molar-refractivity contribution in [1.82, 2.24) is 10.3 Å². The summed E-state index contributed by atoms with van der Waals surface area (Å²) in [4.78, 5) is 28.2. The lowest BCUT2D eigenvalue weighted by Gasteiger charge is -2.09. The molecule has 0 fully saturated rings. The number of amides is 2. The van der Waals surface area contributed by atoms with Gasteiger partial charge in [-0.2, -0.15) is 0 Å². The molecule has 1 aromatic heterocycles. The molecule has 0 aliphatic carbocycles. The molecule has 0 aliphatic heterocycles. The van der Waals surface area contributed by atoms with Gasteiger partial charge in [-0.3, -0.25) is 14.6 Å². The second kappa shape index (κ2) is 7.94. The number of aromatic nitrogens is 1. The zero-order valence-electron chi connectivity index (χ0n) is 14.0. The maximum atomic E-state index is 12.3. The van der Waals surface area contributed by atoms with E-state index >= 15 is 0 Å². The SMILES string of the molecule is Nc1cnccc1NC(=O)c1ccc(CNC(=O)c2ccccc2)cc1. The fourth-order valence-electron chi connectivity index (χ4n) is 2.36. The van der Waals surface area contributed by atoms with Gasteiger partial charge in [0.15, 0.2) is 0 Å². The third kappa shape index (κ3) is 4.24. The summed E-state index contributed by atoms with van der Waals surface area (Å²) in [6.45, 7) is 0.382. The number of carbonyl (C=O) groups excluding carboxylic acids is 2. The molecule has 130 valence electrons. The first kappa shape index (κ1) is 17.2. The molecule has 0 aliphatic rings. The van der Waals surface area contributed by atoms with Gasteiger partial charge < -0.3 is 16.4 Å². The molecule has 0 saturated carbocycles. The number of nitrogen functional groups attached to an aromatic ring is 1. The molecule has 3 rings (SSSR count). The summed E-state index contributed by atoms with van der Waals surface area (Å²) in [5, 5.41) is 5.59. The van der Waals surface area contributed by atoms with Crippen LogP contribution in [0.15, 0.2) is 73.1 Å². The standard InChI is InChI=1S/C20H18N4O2/c21-17-13-22-11-10-18(17)24-20(26)16-8-6-14(7-9-16)12-23-19(25)15-4-2-1-3-5-15/h1-11,13H,12,21H2,(H,23,25)(H,22,24,26). The first-order chi connectivity index (χ1) is 12.6. The van der Waals surface area contributed by atoms with E-state index in [1.165, 1.54) is 6.20 Å². The van der Waals surface area contributed by atoms with Crippen molar-refractivity contribution in [2.24, 2.45) is 0 Å². The minimum atomic E-state index is -0.261. The highest BCUT2D eigenvalue weighted by molar-refractivity contribution is 6.05. The van der Waals surface area contributed by atoms with Gasteiger partial charge in [0.1, 0.15) is 0 Å². The number of benzene rings is 2. The second-order valence-electron chi connectivity index (χ2n) is 5.66.